The van der Waals surface area contributed by atoms with Crippen LogP contribution in [0, 0.1) is 6.92 Å². The maximum Gasteiger partial charge on any atom is 0.131 e. The number of halogens is 1. The highest BCUT2D eigenvalue weighted by Gasteiger charge is 2.09. The largest absolute Gasteiger partial charge is 0.352 e. The van der Waals surface area contributed by atoms with Crippen LogP contribution < -0.4 is 4.90 Å². The molecule has 0 aliphatic rings. The van der Waals surface area contributed by atoms with Crippen molar-refractivity contribution in [3.63, 3.8) is 0 Å². The van der Waals surface area contributed by atoms with E-state index in [9.17, 15) is 0 Å². The molecule has 0 amide bonds. The average Bonchev–Trinajstić information content (AvgIpc) is 2.74. The van der Waals surface area contributed by atoms with Crippen molar-refractivity contribution in [2.75, 3.05) is 11.9 Å². The van der Waals surface area contributed by atoms with E-state index in [-0.39, 0.29) is 0 Å². The number of alkyl halides is 1. The van der Waals surface area contributed by atoms with Crippen LogP contribution in [0.3, 0.4) is 0 Å². The molecule has 2 aromatic heterocycles. The number of anilines is 1. The van der Waals surface area contributed by atoms with Crippen LogP contribution in [0.15, 0.2) is 24.7 Å². The SMILES string of the molecule is Cc1cc(CCl)cnc1N(C)Cc1nccn1C. The summed E-state index contributed by atoms with van der Waals surface area (Å²) < 4.78 is 2.01. The number of pyridine rings is 1. The highest BCUT2D eigenvalue weighted by atomic mass is 35.5. The van der Waals surface area contributed by atoms with Gasteiger partial charge in [-0.25, -0.2) is 9.97 Å². The molecule has 0 saturated heterocycles. The molecule has 0 spiro atoms. The van der Waals surface area contributed by atoms with Gasteiger partial charge < -0.3 is 9.47 Å². The first-order valence-electron chi connectivity index (χ1n) is 5.80. The normalized spacial score (nSPS) is 10.7. The van der Waals surface area contributed by atoms with Gasteiger partial charge in [0.25, 0.3) is 0 Å². The lowest BCUT2D eigenvalue weighted by molar-refractivity contribution is 0.753. The van der Waals surface area contributed by atoms with Crippen molar-refractivity contribution in [1.29, 1.82) is 0 Å². The molecule has 4 nitrogen and oxygen atoms in total. The fourth-order valence-electron chi connectivity index (χ4n) is 1.93. The van der Waals surface area contributed by atoms with E-state index in [0.29, 0.717) is 5.88 Å². The molecule has 0 aliphatic heterocycles. The molecule has 0 bridgehead atoms. The summed E-state index contributed by atoms with van der Waals surface area (Å²) in [6.45, 7) is 2.78. The van der Waals surface area contributed by atoms with Gasteiger partial charge in [0.15, 0.2) is 0 Å². The van der Waals surface area contributed by atoms with Gasteiger partial charge in [0.05, 0.1) is 6.54 Å². The van der Waals surface area contributed by atoms with Gasteiger partial charge in [0.1, 0.15) is 11.6 Å². The predicted molar refractivity (Wildman–Crippen MR) is 73.8 cm³/mol. The van der Waals surface area contributed by atoms with Gasteiger partial charge in [-0.1, -0.05) is 0 Å². The molecule has 0 saturated carbocycles. The van der Waals surface area contributed by atoms with E-state index in [2.05, 4.69) is 20.9 Å². The van der Waals surface area contributed by atoms with Gasteiger partial charge in [-0.2, -0.15) is 0 Å². The lowest BCUT2D eigenvalue weighted by atomic mass is 10.2. The molecule has 18 heavy (non-hydrogen) atoms. The zero-order chi connectivity index (χ0) is 13.1. The van der Waals surface area contributed by atoms with Crippen molar-refractivity contribution in [1.82, 2.24) is 14.5 Å². The minimum atomic E-state index is 0.497. The van der Waals surface area contributed by atoms with E-state index < -0.39 is 0 Å². The molecule has 96 valence electrons. The molecule has 2 heterocycles. The summed E-state index contributed by atoms with van der Waals surface area (Å²) in [5.41, 5.74) is 2.17. The first-order valence-corrected chi connectivity index (χ1v) is 6.34. The Morgan fingerprint density at radius 1 is 1.39 bits per heavy atom. The second-order valence-corrected chi connectivity index (χ2v) is 4.70. The van der Waals surface area contributed by atoms with Crippen LogP contribution >= 0.6 is 11.6 Å². The fourth-order valence-corrected chi connectivity index (χ4v) is 2.08. The van der Waals surface area contributed by atoms with Crippen molar-refractivity contribution < 1.29 is 0 Å². The Bertz CT molecular complexity index is 536. The first-order chi connectivity index (χ1) is 8.61. The molecule has 0 radical (unpaired) electrons. The smallest absolute Gasteiger partial charge is 0.131 e. The zero-order valence-corrected chi connectivity index (χ0v) is 11.6. The quantitative estimate of drug-likeness (QED) is 0.796. The number of nitrogens with zero attached hydrogens (tertiary/aromatic N) is 4. The number of rotatable bonds is 4. The van der Waals surface area contributed by atoms with Gasteiger partial charge in [0.2, 0.25) is 0 Å². The minimum absolute atomic E-state index is 0.497. The molecule has 0 aliphatic carbocycles. The molecule has 5 heteroatoms. The van der Waals surface area contributed by atoms with Gasteiger partial charge in [-0.3, -0.25) is 0 Å². The van der Waals surface area contributed by atoms with Crippen LogP contribution in [0.1, 0.15) is 17.0 Å². The highest BCUT2D eigenvalue weighted by molar-refractivity contribution is 6.17. The number of aryl methyl sites for hydroxylation is 2. The monoisotopic (exact) mass is 264 g/mol. The van der Waals surface area contributed by atoms with Gasteiger partial charge in [0, 0.05) is 38.6 Å². The third-order valence-corrected chi connectivity index (χ3v) is 3.23. The Morgan fingerprint density at radius 3 is 2.72 bits per heavy atom. The third kappa shape index (κ3) is 2.64. The summed E-state index contributed by atoms with van der Waals surface area (Å²) in [5.74, 6) is 2.48. The van der Waals surface area contributed by atoms with E-state index in [4.69, 9.17) is 11.6 Å². The van der Waals surface area contributed by atoms with E-state index in [1.54, 1.807) is 6.20 Å². The lowest BCUT2D eigenvalue weighted by Gasteiger charge is -2.20. The maximum atomic E-state index is 5.80. The van der Waals surface area contributed by atoms with Gasteiger partial charge in [-0.15, -0.1) is 11.6 Å². The van der Waals surface area contributed by atoms with Crippen LogP contribution in [0.2, 0.25) is 0 Å². The Hall–Kier alpha value is -1.55. The van der Waals surface area contributed by atoms with Crippen molar-refractivity contribution in [3.05, 3.63) is 41.6 Å². The highest BCUT2D eigenvalue weighted by Crippen LogP contribution is 2.19. The summed E-state index contributed by atoms with van der Waals surface area (Å²) in [6.07, 6.45) is 5.57. The lowest BCUT2D eigenvalue weighted by Crippen LogP contribution is -2.21. The second-order valence-electron chi connectivity index (χ2n) is 4.43. The molecular formula is C13H17ClN4. The number of aromatic nitrogens is 3. The topological polar surface area (TPSA) is 34.0 Å². The Balaban J connectivity index is 2.19. The van der Waals surface area contributed by atoms with Crippen LogP contribution in [0.4, 0.5) is 5.82 Å². The molecule has 0 N–H and O–H groups in total. The predicted octanol–water partition coefficient (Wildman–Crippen LogP) is 2.50. The molecule has 0 atom stereocenters. The summed E-state index contributed by atoms with van der Waals surface area (Å²) in [6, 6.07) is 2.07. The van der Waals surface area contributed by atoms with Crippen LogP contribution in [0.25, 0.3) is 0 Å². The molecule has 0 aromatic carbocycles. The van der Waals surface area contributed by atoms with Gasteiger partial charge >= 0.3 is 0 Å². The van der Waals surface area contributed by atoms with E-state index in [1.807, 2.05) is 38.0 Å². The number of hydrogen-bond donors (Lipinski definition) is 0. The third-order valence-electron chi connectivity index (χ3n) is 2.92. The van der Waals surface area contributed by atoms with Crippen molar-refractivity contribution in [3.8, 4) is 0 Å². The molecule has 2 rings (SSSR count). The Labute approximate surface area is 112 Å². The van der Waals surface area contributed by atoms with Crippen molar-refractivity contribution >= 4 is 17.4 Å². The average molecular weight is 265 g/mol. The molecule has 0 fully saturated rings. The number of imidazole rings is 1. The maximum absolute atomic E-state index is 5.80. The molecule has 0 unspecified atom stereocenters. The zero-order valence-electron chi connectivity index (χ0n) is 10.9. The van der Waals surface area contributed by atoms with Crippen molar-refractivity contribution in [2.45, 2.75) is 19.3 Å². The summed E-state index contributed by atoms with van der Waals surface area (Å²) in [7, 11) is 4.01. The second kappa shape index (κ2) is 5.40. The van der Waals surface area contributed by atoms with E-state index in [1.165, 1.54) is 0 Å². The van der Waals surface area contributed by atoms with Crippen LogP contribution in [0.5, 0.6) is 0 Å². The summed E-state index contributed by atoms with van der Waals surface area (Å²) in [5, 5.41) is 0. The van der Waals surface area contributed by atoms with Crippen LogP contribution in [-0.4, -0.2) is 21.6 Å². The molecule has 2 aromatic rings. The minimum Gasteiger partial charge on any atom is -0.352 e. The fraction of sp³-hybridized carbons (Fsp3) is 0.385. The summed E-state index contributed by atoms with van der Waals surface area (Å²) >= 11 is 5.80. The van der Waals surface area contributed by atoms with Crippen LogP contribution in [-0.2, 0) is 19.5 Å². The molecular weight excluding hydrogens is 248 g/mol. The summed E-state index contributed by atoms with van der Waals surface area (Å²) in [4.78, 5) is 10.9. The Kier molecular flexibility index (Phi) is 3.87. The first kappa shape index (κ1) is 12.9. The number of hydrogen-bond acceptors (Lipinski definition) is 3. The van der Waals surface area contributed by atoms with Crippen molar-refractivity contribution in [2.24, 2.45) is 7.05 Å². The van der Waals surface area contributed by atoms with E-state index >= 15 is 0 Å². The van der Waals surface area contributed by atoms with Gasteiger partial charge in [-0.05, 0) is 24.1 Å². The van der Waals surface area contributed by atoms with E-state index in [0.717, 1.165) is 29.3 Å². The standard InChI is InChI=1S/C13H17ClN4/c1-10-6-11(7-14)8-16-13(10)18(3)9-12-15-4-5-17(12)2/h4-6,8H,7,9H2,1-3H3. The Morgan fingerprint density at radius 2 is 2.17 bits per heavy atom.